The molecule has 0 saturated carbocycles. The number of aryl methyl sites for hydroxylation is 1. The maximum absolute atomic E-state index is 13.4. The Labute approximate surface area is 217 Å². The van der Waals surface area contributed by atoms with Gasteiger partial charge in [0.2, 0.25) is 0 Å². The first-order valence-corrected chi connectivity index (χ1v) is 11.7. The lowest BCUT2D eigenvalue weighted by Crippen LogP contribution is -2.15. The van der Waals surface area contributed by atoms with Crippen LogP contribution in [0.25, 0.3) is 39.0 Å². The summed E-state index contributed by atoms with van der Waals surface area (Å²) in [4.78, 5) is 40.1. The standard InChI is InChI=1S/C30H23NO7/c1-17-13-15-19(16-14-17)31-25(18-9-5-4-6-10-18)22(23(28(33)36-2)26(31)30(35)37-3)24-27(32)20-11-7-8-12-21(20)38-29(24)34/h4-16,32H,1-3H3. The Hall–Kier alpha value is -5.11. The molecular formula is C30H23NO7. The average molecular weight is 510 g/mol. The molecule has 0 spiro atoms. The molecule has 8 nitrogen and oxygen atoms in total. The number of carbonyl (C=O) groups excluding carboxylic acids is 2. The Morgan fingerprint density at radius 2 is 1.45 bits per heavy atom. The van der Waals surface area contributed by atoms with Gasteiger partial charge in [-0.2, -0.15) is 0 Å². The monoisotopic (exact) mass is 509 g/mol. The first-order valence-electron chi connectivity index (χ1n) is 11.7. The molecule has 8 heteroatoms. The van der Waals surface area contributed by atoms with Crippen LogP contribution in [0.3, 0.4) is 0 Å². The minimum absolute atomic E-state index is 0.0129. The second kappa shape index (κ2) is 9.74. The van der Waals surface area contributed by atoms with E-state index in [0.29, 0.717) is 16.9 Å². The fraction of sp³-hybridized carbons (Fsp3) is 0.100. The molecule has 3 aromatic carbocycles. The van der Waals surface area contributed by atoms with Gasteiger partial charge in [0.1, 0.15) is 28.2 Å². The van der Waals surface area contributed by atoms with E-state index in [4.69, 9.17) is 13.9 Å². The van der Waals surface area contributed by atoms with Gasteiger partial charge in [-0.1, -0.05) is 60.2 Å². The molecule has 5 rings (SSSR count). The number of hydrogen-bond donors (Lipinski definition) is 1. The molecule has 2 heterocycles. The second-order valence-electron chi connectivity index (χ2n) is 8.58. The molecule has 2 aromatic heterocycles. The molecule has 0 aliphatic carbocycles. The van der Waals surface area contributed by atoms with E-state index in [1.165, 1.54) is 18.8 Å². The van der Waals surface area contributed by atoms with Crippen molar-refractivity contribution in [2.24, 2.45) is 0 Å². The van der Waals surface area contributed by atoms with Crippen molar-refractivity contribution < 1.29 is 28.6 Å². The van der Waals surface area contributed by atoms with Gasteiger partial charge < -0.3 is 23.6 Å². The van der Waals surface area contributed by atoms with Crippen molar-refractivity contribution in [1.82, 2.24) is 4.57 Å². The van der Waals surface area contributed by atoms with E-state index in [1.54, 1.807) is 60.7 Å². The van der Waals surface area contributed by atoms with Crippen molar-refractivity contribution in [2.75, 3.05) is 14.2 Å². The van der Waals surface area contributed by atoms with Crippen LogP contribution in [0.1, 0.15) is 26.4 Å². The minimum Gasteiger partial charge on any atom is -0.506 e. The topological polar surface area (TPSA) is 108 Å². The van der Waals surface area contributed by atoms with Gasteiger partial charge >= 0.3 is 17.6 Å². The molecule has 0 bridgehead atoms. The van der Waals surface area contributed by atoms with Crippen LogP contribution >= 0.6 is 0 Å². The number of benzene rings is 3. The lowest BCUT2D eigenvalue weighted by atomic mass is 9.96. The van der Waals surface area contributed by atoms with Gasteiger partial charge in [-0.3, -0.25) is 0 Å². The van der Waals surface area contributed by atoms with Crippen LogP contribution in [-0.2, 0) is 9.47 Å². The molecule has 0 amide bonds. The van der Waals surface area contributed by atoms with Gasteiger partial charge in [0, 0.05) is 11.3 Å². The van der Waals surface area contributed by atoms with Crippen LogP contribution in [0.15, 0.2) is 88.1 Å². The lowest BCUT2D eigenvalue weighted by molar-refractivity contribution is 0.0550. The highest BCUT2D eigenvalue weighted by molar-refractivity contribution is 6.12. The number of aromatic hydroxyl groups is 1. The number of methoxy groups -OCH3 is 2. The number of ether oxygens (including phenoxy) is 2. The lowest BCUT2D eigenvalue weighted by Gasteiger charge is -2.15. The van der Waals surface area contributed by atoms with E-state index in [0.717, 1.165) is 5.56 Å². The maximum atomic E-state index is 13.4. The summed E-state index contributed by atoms with van der Waals surface area (Å²) in [5.41, 5.74) is 0.954. The Morgan fingerprint density at radius 3 is 2.11 bits per heavy atom. The first-order chi connectivity index (χ1) is 18.4. The van der Waals surface area contributed by atoms with E-state index in [9.17, 15) is 19.5 Å². The molecule has 0 aliphatic heterocycles. The predicted octanol–water partition coefficient (Wildman–Crippen LogP) is 5.50. The summed E-state index contributed by atoms with van der Waals surface area (Å²) in [6.07, 6.45) is 0. The summed E-state index contributed by atoms with van der Waals surface area (Å²) in [6.45, 7) is 1.92. The van der Waals surface area contributed by atoms with Gasteiger partial charge in [0.15, 0.2) is 0 Å². The molecule has 0 unspecified atom stereocenters. The molecular weight excluding hydrogens is 486 g/mol. The third-order valence-electron chi connectivity index (χ3n) is 6.31. The van der Waals surface area contributed by atoms with Gasteiger partial charge in [-0.25, -0.2) is 14.4 Å². The van der Waals surface area contributed by atoms with Crippen LogP contribution in [0, 0.1) is 6.92 Å². The zero-order valence-corrected chi connectivity index (χ0v) is 20.8. The number of rotatable bonds is 5. The van der Waals surface area contributed by atoms with Crippen molar-refractivity contribution in [1.29, 1.82) is 0 Å². The van der Waals surface area contributed by atoms with Gasteiger partial charge in [0.05, 0.1) is 25.3 Å². The van der Waals surface area contributed by atoms with Crippen molar-refractivity contribution >= 4 is 22.9 Å². The predicted molar refractivity (Wildman–Crippen MR) is 142 cm³/mol. The highest BCUT2D eigenvalue weighted by Crippen LogP contribution is 2.45. The SMILES string of the molecule is COC(=O)c1c(-c2c(O)c3ccccc3oc2=O)c(-c2ccccc2)n(-c2ccc(C)cc2)c1C(=O)OC. The Kier molecular flexibility index (Phi) is 6.30. The number of nitrogens with zero attached hydrogens (tertiary/aromatic N) is 1. The van der Waals surface area contributed by atoms with E-state index < -0.39 is 23.3 Å². The number of fused-ring (bicyclic) bond motifs is 1. The van der Waals surface area contributed by atoms with E-state index in [2.05, 4.69) is 0 Å². The molecule has 0 atom stereocenters. The Bertz CT molecular complexity index is 1750. The smallest absolute Gasteiger partial charge is 0.355 e. The quantitative estimate of drug-likeness (QED) is 0.246. The fourth-order valence-corrected chi connectivity index (χ4v) is 4.58. The van der Waals surface area contributed by atoms with Crippen LogP contribution in [0.5, 0.6) is 5.75 Å². The van der Waals surface area contributed by atoms with E-state index >= 15 is 0 Å². The highest BCUT2D eigenvalue weighted by atomic mass is 16.5. The van der Waals surface area contributed by atoms with E-state index in [1.807, 2.05) is 25.1 Å². The molecule has 1 N–H and O–H groups in total. The first kappa shape index (κ1) is 24.6. The Balaban J connectivity index is 2.06. The van der Waals surface area contributed by atoms with Gasteiger partial charge in [-0.15, -0.1) is 0 Å². The highest BCUT2D eigenvalue weighted by Gasteiger charge is 2.37. The van der Waals surface area contributed by atoms with Crippen LogP contribution < -0.4 is 5.63 Å². The van der Waals surface area contributed by atoms with E-state index in [-0.39, 0.29) is 33.4 Å². The summed E-state index contributed by atoms with van der Waals surface area (Å²) in [7, 11) is 2.36. The molecule has 5 aromatic rings. The number of esters is 2. The second-order valence-corrected chi connectivity index (χ2v) is 8.58. The van der Waals surface area contributed by atoms with Gasteiger partial charge in [-0.05, 0) is 36.8 Å². The number of hydrogen-bond acceptors (Lipinski definition) is 7. The molecule has 0 radical (unpaired) electrons. The van der Waals surface area contributed by atoms with Crippen LogP contribution in [0.2, 0.25) is 0 Å². The zero-order valence-electron chi connectivity index (χ0n) is 20.8. The average Bonchev–Trinajstić information content (AvgIpc) is 3.28. The summed E-state index contributed by atoms with van der Waals surface area (Å²) < 4.78 is 17.3. The summed E-state index contributed by atoms with van der Waals surface area (Å²) in [5.74, 6) is -2.12. The molecule has 190 valence electrons. The molecule has 0 saturated heterocycles. The van der Waals surface area contributed by atoms with Crippen molar-refractivity contribution in [3.8, 4) is 33.8 Å². The van der Waals surface area contributed by atoms with Crippen LogP contribution in [0.4, 0.5) is 0 Å². The number of para-hydroxylation sites is 1. The third-order valence-corrected chi connectivity index (χ3v) is 6.31. The van der Waals surface area contributed by atoms with Crippen molar-refractivity contribution in [2.45, 2.75) is 6.92 Å². The zero-order chi connectivity index (χ0) is 27.0. The minimum atomic E-state index is -0.893. The number of aromatic nitrogens is 1. The fourth-order valence-electron chi connectivity index (χ4n) is 4.58. The summed E-state index contributed by atoms with van der Waals surface area (Å²) in [6, 6.07) is 22.7. The third kappa shape index (κ3) is 3.92. The maximum Gasteiger partial charge on any atom is 0.355 e. The summed E-state index contributed by atoms with van der Waals surface area (Å²) >= 11 is 0. The van der Waals surface area contributed by atoms with Crippen molar-refractivity contribution in [3.63, 3.8) is 0 Å². The number of carbonyl (C=O) groups is 2. The largest absolute Gasteiger partial charge is 0.506 e. The van der Waals surface area contributed by atoms with Crippen molar-refractivity contribution in [3.05, 3.63) is 106 Å². The van der Waals surface area contributed by atoms with Crippen LogP contribution in [-0.4, -0.2) is 35.8 Å². The molecule has 38 heavy (non-hydrogen) atoms. The Morgan fingerprint density at radius 1 is 0.816 bits per heavy atom. The summed E-state index contributed by atoms with van der Waals surface area (Å²) in [5, 5.41) is 11.7. The van der Waals surface area contributed by atoms with Gasteiger partial charge in [0.25, 0.3) is 0 Å². The normalized spacial score (nSPS) is 10.9. The molecule has 0 fully saturated rings. The molecule has 0 aliphatic rings.